The Balaban J connectivity index is 2.31. The van der Waals surface area contributed by atoms with E-state index in [1.54, 1.807) is 0 Å². The van der Waals surface area contributed by atoms with E-state index in [1.165, 1.54) is 5.56 Å². The topological polar surface area (TPSA) is 41.8 Å². The molecule has 0 fully saturated rings. The molecule has 2 aromatic carbocycles. The van der Waals surface area contributed by atoms with Crippen LogP contribution < -0.4 is 5.73 Å². The zero-order valence-electron chi connectivity index (χ0n) is 10.6. The molecule has 94 valence electrons. The van der Waals surface area contributed by atoms with Crippen molar-refractivity contribution in [2.24, 2.45) is 5.73 Å². The molecule has 3 N–H and O–H groups in total. The van der Waals surface area contributed by atoms with E-state index in [9.17, 15) is 0 Å². The highest BCUT2D eigenvalue weighted by Crippen LogP contribution is 2.30. The first-order valence-corrected chi connectivity index (χ1v) is 6.55. The van der Waals surface area contributed by atoms with Crippen LogP contribution in [0, 0.1) is 6.92 Å². The Hall–Kier alpha value is -2.13. The van der Waals surface area contributed by atoms with Gasteiger partial charge in [0.25, 0.3) is 0 Å². The Kier molecular flexibility index (Phi) is 2.84. The molecule has 0 saturated heterocycles. The lowest BCUT2D eigenvalue weighted by Gasteiger charge is -2.03. The molecule has 1 heterocycles. The maximum absolute atomic E-state index is 5.90. The van der Waals surface area contributed by atoms with Gasteiger partial charge in [-0.1, -0.05) is 60.2 Å². The molecule has 0 bridgehead atoms. The molecule has 3 aromatic rings. The summed E-state index contributed by atoms with van der Waals surface area (Å²) >= 11 is 5.21. The third kappa shape index (κ3) is 2.02. The van der Waals surface area contributed by atoms with Gasteiger partial charge in [0.1, 0.15) is 4.99 Å². The quantitative estimate of drug-likeness (QED) is 0.693. The van der Waals surface area contributed by atoms with Crippen molar-refractivity contribution in [1.29, 1.82) is 0 Å². The predicted molar refractivity (Wildman–Crippen MR) is 84.4 cm³/mol. The van der Waals surface area contributed by atoms with E-state index in [2.05, 4.69) is 36.2 Å². The summed E-state index contributed by atoms with van der Waals surface area (Å²) < 4.78 is 0. The zero-order valence-corrected chi connectivity index (χ0v) is 11.4. The van der Waals surface area contributed by atoms with Crippen LogP contribution in [0.3, 0.4) is 0 Å². The number of benzene rings is 2. The van der Waals surface area contributed by atoms with Gasteiger partial charge in [0.2, 0.25) is 0 Å². The summed E-state index contributed by atoms with van der Waals surface area (Å²) in [5, 5.41) is 1.07. The Morgan fingerprint density at radius 1 is 1.05 bits per heavy atom. The molecule has 3 heteroatoms. The van der Waals surface area contributed by atoms with Crippen LogP contribution in [0.2, 0.25) is 0 Å². The molecular weight excluding hydrogens is 252 g/mol. The maximum atomic E-state index is 5.90. The second-order valence-corrected chi connectivity index (χ2v) is 5.09. The number of aryl methyl sites for hydroxylation is 1. The lowest BCUT2D eigenvalue weighted by molar-refractivity contribution is 1.42. The number of nitrogens with one attached hydrogen (secondary N) is 1. The van der Waals surface area contributed by atoms with Gasteiger partial charge in [0.05, 0.1) is 5.69 Å². The van der Waals surface area contributed by atoms with Crippen molar-refractivity contribution in [3.63, 3.8) is 0 Å². The monoisotopic (exact) mass is 266 g/mol. The number of hydrogen-bond acceptors (Lipinski definition) is 1. The number of H-pyrrole nitrogens is 1. The van der Waals surface area contributed by atoms with Gasteiger partial charge >= 0.3 is 0 Å². The predicted octanol–water partition coefficient (Wildman–Crippen LogP) is 3.78. The smallest absolute Gasteiger partial charge is 0.106 e. The van der Waals surface area contributed by atoms with Gasteiger partial charge in [-0.3, -0.25) is 0 Å². The second kappa shape index (κ2) is 4.52. The van der Waals surface area contributed by atoms with E-state index in [4.69, 9.17) is 18.0 Å². The van der Waals surface area contributed by atoms with Crippen LogP contribution in [0.25, 0.3) is 22.2 Å². The number of hydrogen-bond donors (Lipinski definition) is 2. The lowest BCUT2D eigenvalue weighted by atomic mass is 10.0. The van der Waals surface area contributed by atoms with Gasteiger partial charge in [-0.05, 0) is 18.6 Å². The minimum atomic E-state index is 0.424. The van der Waals surface area contributed by atoms with E-state index >= 15 is 0 Å². The van der Waals surface area contributed by atoms with Crippen LogP contribution in [-0.2, 0) is 0 Å². The van der Waals surface area contributed by atoms with Gasteiger partial charge < -0.3 is 10.7 Å². The molecule has 0 spiro atoms. The van der Waals surface area contributed by atoms with Crippen molar-refractivity contribution in [2.75, 3.05) is 0 Å². The fraction of sp³-hybridized carbons (Fsp3) is 0.0625. The fourth-order valence-corrected chi connectivity index (χ4v) is 2.55. The van der Waals surface area contributed by atoms with Gasteiger partial charge in [0.15, 0.2) is 0 Å². The molecule has 3 rings (SSSR count). The van der Waals surface area contributed by atoms with Crippen molar-refractivity contribution in [3.05, 3.63) is 59.7 Å². The molecule has 0 atom stereocenters. The zero-order chi connectivity index (χ0) is 13.4. The lowest BCUT2D eigenvalue weighted by Crippen LogP contribution is -2.10. The first-order valence-electron chi connectivity index (χ1n) is 6.14. The third-order valence-corrected chi connectivity index (χ3v) is 3.50. The number of thiocarbonyl (C=S) groups is 1. The van der Waals surface area contributed by atoms with Gasteiger partial charge in [-0.25, -0.2) is 0 Å². The molecule has 1 aromatic heterocycles. The van der Waals surface area contributed by atoms with E-state index in [0.717, 1.165) is 27.7 Å². The van der Waals surface area contributed by atoms with Crippen molar-refractivity contribution in [1.82, 2.24) is 4.98 Å². The first-order chi connectivity index (χ1) is 9.16. The summed E-state index contributed by atoms with van der Waals surface area (Å²) in [6.07, 6.45) is 0. The van der Waals surface area contributed by atoms with E-state index in [1.807, 2.05) is 24.3 Å². The van der Waals surface area contributed by atoms with Crippen LogP contribution >= 0.6 is 12.2 Å². The first kappa shape index (κ1) is 11.9. The number of para-hydroxylation sites is 1. The van der Waals surface area contributed by atoms with Crippen LogP contribution in [-0.4, -0.2) is 9.97 Å². The van der Waals surface area contributed by atoms with Crippen LogP contribution in [0.1, 0.15) is 11.1 Å². The third-order valence-electron chi connectivity index (χ3n) is 3.29. The molecule has 0 saturated carbocycles. The van der Waals surface area contributed by atoms with Gasteiger partial charge in [-0.15, -0.1) is 0 Å². The highest BCUT2D eigenvalue weighted by Gasteiger charge is 2.14. The Morgan fingerprint density at radius 3 is 2.42 bits per heavy atom. The van der Waals surface area contributed by atoms with Crippen molar-refractivity contribution < 1.29 is 0 Å². The molecule has 0 aliphatic heterocycles. The van der Waals surface area contributed by atoms with E-state index < -0.39 is 0 Å². The Bertz CT molecular complexity index is 754. The maximum Gasteiger partial charge on any atom is 0.106 e. The average molecular weight is 266 g/mol. The highest BCUT2D eigenvalue weighted by molar-refractivity contribution is 7.80. The highest BCUT2D eigenvalue weighted by atomic mass is 32.1. The van der Waals surface area contributed by atoms with Crippen molar-refractivity contribution >= 4 is 28.1 Å². The van der Waals surface area contributed by atoms with Crippen molar-refractivity contribution in [2.45, 2.75) is 6.92 Å². The Morgan fingerprint density at radius 2 is 1.74 bits per heavy atom. The van der Waals surface area contributed by atoms with Gasteiger partial charge in [0, 0.05) is 16.5 Å². The minimum Gasteiger partial charge on any atom is -0.389 e. The molecule has 0 radical (unpaired) electrons. The molecule has 0 unspecified atom stereocenters. The number of aromatic nitrogens is 1. The van der Waals surface area contributed by atoms with Gasteiger partial charge in [-0.2, -0.15) is 0 Å². The molecule has 0 amide bonds. The molecule has 0 aliphatic rings. The summed E-state index contributed by atoms with van der Waals surface area (Å²) in [7, 11) is 0. The summed E-state index contributed by atoms with van der Waals surface area (Å²) in [5.74, 6) is 0. The summed E-state index contributed by atoms with van der Waals surface area (Å²) in [4.78, 5) is 3.84. The second-order valence-electron chi connectivity index (χ2n) is 4.65. The van der Waals surface area contributed by atoms with Crippen LogP contribution in [0.4, 0.5) is 0 Å². The summed E-state index contributed by atoms with van der Waals surface area (Å²) in [6, 6.07) is 16.4. The van der Waals surface area contributed by atoms with Crippen LogP contribution in [0.5, 0.6) is 0 Å². The molecule has 2 nitrogen and oxygen atoms in total. The standard InChI is InChI=1S/C16H14N2S/c1-10-6-8-11(9-7-10)15-14(16(17)19)12-4-2-3-5-13(12)18-15/h2-9,18H,1H3,(H2,17,19). The number of nitrogens with two attached hydrogens (primary N) is 1. The fourth-order valence-electron chi connectivity index (χ4n) is 2.33. The molecule has 0 aliphatic carbocycles. The summed E-state index contributed by atoms with van der Waals surface area (Å²) in [6.45, 7) is 2.07. The number of fused-ring (bicyclic) bond motifs is 1. The van der Waals surface area contributed by atoms with E-state index in [0.29, 0.717) is 4.99 Å². The number of rotatable bonds is 2. The molecule has 19 heavy (non-hydrogen) atoms. The van der Waals surface area contributed by atoms with E-state index in [-0.39, 0.29) is 0 Å². The Labute approximate surface area is 117 Å². The largest absolute Gasteiger partial charge is 0.389 e. The average Bonchev–Trinajstić information content (AvgIpc) is 2.78. The summed E-state index contributed by atoms with van der Waals surface area (Å²) in [5.41, 5.74) is 11.2. The minimum absolute atomic E-state index is 0.424. The SMILES string of the molecule is Cc1ccc(-c2[nH]c3ccccc3c2C(N)=S)cc1. The van der Waals surface area contributed by atoms with Crippen LogP contribution in [0.15, 0.2) is 48.5 Å². The normalized spacial score (nSPS) is 10.8. The number of aromatic amines is 1. The van der Waals surface area contributed by atoms with Crippen molar-refractivity contribution in [3.8, 4) is 11.3 Å². The molecular formula is C16H14N2S.